The monoisotopic (exact) mass is 362 g/mol. The summed E-state index contributed by atoms with van der Waals surface area (Å²) in [5.41, 5.74) is 0.594. The van der Waals surface area contributed by atoms with Crippen LogP contribution in [0.2, 0.25) is 0 Å². The van der Waals surface area contributed by atoms with Crippen LogP contribution in [-0.2, 0) is 4.74 Å². The molecule has 0 N–H and O–H groups in total. The number of alkyl halides is 1. The van der Waals surface area contributed by atoms with E-state index in [1.54, 1.807) is 0 Å². The standard InChI is InChI=1S/C16H27IO/c1-15(2)13-6-7-14(10-13)16(15,11-17)18-9-8-12-4-3-5-12/h12-14H,3-11H2,1-2H3. The van der Waals surface area contributed by atoms with E-state index >= 15 is 0 Å². The van der Waals surface area contributed by atoms with Crippen LogP contribution < -0.4 is 0 Å². The minimum atomic E-state index is 0.195. The molecular formula is C16H27IO. The van der Waals surface area contributed by atoms with Gasteiger partial charge in [0, 0.05) is 11.0 Å². The van der Waals surface area contributed by atoms with Crippen molar-refractivity contribution in [1.82, 2.24) is 0 Å². The Kier molecular flexibility index (Phi) is 3.72. The van der Waals surface area contributed by atoms with Crippen LogP contribution in [0.4, 0.5) is 0 Å². The molecule has 104 valence electrons. The van der Waals surface area contributed by atoms with Crippen molar-refractivity contribution in [3.05, 3.63) is 0 Å². The lowest BCUT2D eigenvalue weighted by atomic mass is 9.66. The average molecular weight is 362 g/mol. The summed E-state index contributed by atoms with van der Waals surface area (Å²) in [6.45, 7) is 5.96. The molecule has 0 aromatic carbocycles. The van der Waals surface area contributed by atoms with Crippen LogP contribution in [0.15, 0.2) is 0 Å². The fourth-order valence-electron chi connectivity index (χ4n) is 4.75. The van der Waals surface area contributed by atoms with Gasteiger partial charge >= 0.3 is 0 Å². The van der Waals surface area contributed by atoms with Crippen molar-refractivity contribution >= 4 is 22.6 Å². The van der Waals surface area contributed by atoms with Crippen LogP contribution >= 0.6 is 22.6 Å². The zero-order chi connectivity index (χ0) is 12.8. The van der Waals surface area contributed by atoms with Crippen molar-refractivity contribution in [3.63, 3.8) is 0 Å². The molecule has 0 spiro atoms. The third-order valence-electron chi connectivity index (χ3n) is 6.51. The predicted molar refractivity (Wildman–Crippen MR) is 84.1 cm³/mol. The summed E-state index contributed by atoms with van der Waals surface area (Å²) in [7, 11) is 0. The van der Waals surface area contributed by atoms with Gasteiger partial charge in [0.2, 0.25) is 0 Å². The zero-order valence-electron chi connectivity index (χ0n) is 11.9. The molecule has 0 heterocycles. The summed E-state index contributed by atoms with van der Waals surface area (Å²) in [5.74, 6) is 2.75. The molecule has 0 radical (unpaired) electrons. The van der Waals surface area contributed by atoms with Gasteiger partial charge in [0.1, 0.15) is 0 Å². The molecule has 0 aromatic heterocycles. The molecule has 2 bridgehead atoms. The van der Waals surface area contributed by atoms with Crippen molar-refractivity contribution in [2.75, 3.05) is 11.0 Å². The van der Waals surface area contributed by atoms with E-state index in [2.05, 4.69) is 36.4 Å². The lowest BCUT2D eigenvalue weighted by Gasteiger charge is -2.49. The topological polar surface area (TPSA) is 9.23 Å². The fraction of sp³-hybridized carbons (Fsp3) is 1.00. The van der Waals surface area contributed by atoms with Gasteiger partial charge in [-0.2, -0.15) is 0 Å². The minimum Gasteiger partial charge on any atom is -0.373 e. The van der Waals surface area contributed by atoms with Gasteiger partial charge in [-0.25, -0.2) is 0 Å². The van der Waals surface area contributed by atoms with Gasteiger partial charge in [-0.05, 0) is 48.9 Å². The Hall–Kier alpha value is 0.690. The van der Waals surface area contributed by atoms with E-state index in [1.165, 1.54) is 49.4 Å². The van der Waals surface area contributed by atoms with Crippen molar-refractivity contribution in [3.8, 4) is 0 Å². The molecule has 3 aliphatic rings. The molecule has 3 saturated carbocycles. The van der Waals surface area contributed by atoms with Crippen molar-refractivity contribution in [2.24, 2.45) is 23.2 Å². The minimum absolute atomic E-state index is 0.195. The first kappa shape index (κ1) is 13.7. The summed E-state index contributed by atoms with van der Waals surface area (Å²) < 4.78 is 7.77. The van der Waals surface area contributed by atoms with Crippen molar-refractivity contribution in [2.45, 2.75) is 64.4 Å². The molecule has 0 saturated heterocycles. The second kappa shape index (κ2) is 4.91. The second-order valence-electron chi connectivity index (χ2n) is 7.39. The van der Waals surface area contributed by atoms with Crippen LogP contribution in [0, 0.1) is 23.2 Å². The highest BCUT2D eigenvalue weighted by molar-refractivity contribution is 14.1. The molecule has 0 amide bonds. The molecule has 3 rings (SSSR count). The maximum atomic E-state index is 6.59. The lowest BCUT2D eigenvalue weighted by Crippen LogP contribution is -2.53. The van der Waals surface area contributed by atoms with Gasteiger partial charge in [-0.1, -0.05) is 55.7 Å². The first-order chi connectivity index (χ1) is 8.60. The highest BCUT2D eigenvalue weighted by atomic mass is 127. The number of fused-ring (bicyclic) bond motifs is 2. The molecule has 3 atom stereocenters. The van der Waals surface area contributed by atoms with Crippen LogP contribution in [-0.4, -0.2) is 16.6 Å². The van der Waals surface area contributed by atoms with E-state index in [-0.39, 0.29) is 5.60 Å². The Morgan fingerprint density at radius 3 is 2.33 bits per heavy atom. The van der Waals surface area contributed by atoms with Gasteiger partial charge in [0.15, 0.2) is 0 Å². The molecule has 0 aliphatic heterocycles. The van der Waals surface area contributed by atoms with E-state index in [1.807, 2.05) is 0 Å². The van der Waals surface area contributed by atoms with Crippen molar-refractivity contribution < 1.29 is 4.74 Å². The third kappa shape index (κ3) is 1.88. The van der Waals surface area contributed by atoms with Gasteiger partial charge in [-0.3, -0.25) is 0 Å². The van der Waals surface area contributed by atoms with Gasteiger partial charge in [0.25, 0.3) is 0 Å². The van der Waals surface area contributed by atoms with Crippen molar-refractivity contribution in [1.29, 1.82) is 0 Å². The molecular weight excluding hydrogens is 335 g/mol. The predicted octanol–water partition coefficient (Wildman–Crippen LogP) is 4.82. The number of hydrogen-bond donors (Lipinski definition) is 0. The van der Waals surface area contributed by atoms with E-state index in [4.69, 9.17) is 4.74 Å². The molecule has 18 heavy (non-hydrogen) atoms. The Labute approximate surface area is 126 Å². The van der Waals surface area contributed by atoms with Crippen LogP contribution in [0.5, 0.6) is 0 Å². The Balaban J connectivity index is 1.65. The highest BCUT2D eigenvalue weighted by Crippen LogP contribution is 2.63. The normalized spacial score (nSPS) is 42.2. The number of rotatable bonds is 5. The van der Waals surface area contributed by atoms with E-state index in [0.717, 1.165) is 24.4 Å². The van der Waals surface area contributed by atoms with Crippen LogP contribution in [0.25, 0.3) is 0 Å². The number of hydrogen-bond acceptors (Lipinski definition) is 1. The number of ether oxygens (including phenoxy) is 1. The van der Waals surface area contributed by atoms with Gasteiger partial charge in [0.05, 0.1) is 5.60 Å². The fourth-order valence-corrected chi connectivity index (χ4v) is 6.57. The average Bonchev–Trinajstić information content (AvgIpc) is 2.82. The highest BCUT2D eigenvalue weighted by Gasteiger charge is 2.63. The smallest absolute Gasteiger partial charge is 0.0852 e. The Morgan fingerprint density at radius 1 is 1.11 bits per heavy atom. The lowest BCUT2D eigenvalue weighted by molar-refractivity contribution is -0.139. The molecule has 1 nitrogen and oxygen atoms in total. The molecule has 0 aromatic rings. The maximum Gasteiger partial charge on any atom is 0.0852 e. The molecule has 2 heteroatoms. The maximum absolute atomic E-state index is 6.59. The van der Waals surface area contributed by atoms with E-state index in [0.29, 0.717) is 5.41 Å². The van der Waals surface area contributed by atoms with Crippen LogP contribution in [0.3, 0.4) is 0 Å². The van der Waals surface area contributed by atoms with E-state index in [9.17, 15) is 0 Å². The van der Waals surface area contributed by atoms with Gasteiger partial charge < -0.3 is 4.74 Å². The second-order valence-corrected chi connectivity index (χ2v) is 8.15. The summed E-state index contributed by atoms with van der Waals surface area (Å²) in [4.78, 5) is 0. The summed E-state index contributed by atoms with van der Waals surface area (Å²) in [6.07, 6.45) is 9.97. The zero-order valence-corrected chi connectivity index (χ0v) is 14.0. The van der Waals surface area contributed by atoms with Crippen LogP contribution in [0.1, 0.15) is 58.8 Å². The van der Waals surface area contributed by atoms with Gasteiger partial charge in [-0.15, -0.1) is 0 Å². The summed E-state index contributed by atoms with van der Waals surface area (Å²) >= 11 is 2.58. The summed E-state index contributed by atoms with van der Waals surface area (Å²) in [5, 5.41) is 0. The first-order valence-electron chi connectivity index (χ1n) is 7.80. The third-order valence-corrected chi connectivity index (χ3v) is 7.65. The number of halogens is 1. The van der Waals surface area contributed by atoms with E-state index < -0.39 is 0 Å². The quantitative estimate of drug-likeness (QED) is 0.503. The Morgan fingerprint density at radius 2 is 1.83 bits per heavy atom. The molecule has 3 unspecified atom stereocenters. The molecule has 3 fully saturated rings. The summed E-state index contributed by atoms with van der Waals surface area (Å²) in [6, 6.07) is 0. The SMILES string of the molecule is CC1(C)C2CCC(C2)C1(CI)OCCC1CCC1. The molecule has 3 aliphatic carbocycles. The first-order valence-corrected chi connectivity index (χ1v) is 9.32. The largest absolute Gasteiger partial charge is 0.373 e. The Bertz CT molecular complexity index is 310.